The van der Waals surface area contributed by atoms with E-state index in [-0.39, 0.29) is 5.91 Å². The number of aromatic nitrogens is 1. The SMILES string of the molecule is CNC(=O)C1Cc2ncccc2CN1C(=O)OC(C)(C)C. The van der Waals surface area contributed by atoms with Gasteiger partial charge in [-0.05, 0) is 32.4 Å². The van der Waals surface area contributed by atoms with Crippen LogP contribution in [0.15, 0.2) is 18.3 Å². The van der Waals surface area contributed by atoms with Crippen LogP contribution in [-0.2, 0) is 22.5 Å². The molecule has 0 aromatic carbocycles. The third-order valence-electron chi connectivity index (χ3n) is 3.27. The summed E-state index contributed by atoms with van der Waals surface area (Å²) in [6.45, 7) is 5.74. The number of amides is 2. The monoisotopic (exact) mass is 291 g/mol. The Kier molecular flexibility index (Phi) is 4.16. The van der Waals surface area contributed by atoms with Crippen LogP contribution in [0.3, 0.4) is 0 Å². The van der Waals surface area contributed by atoms with Crippen molar-refractivity contribution in [2.45, 2.75) is 45.4 Å². The molecular formula is C15H21N3O3. The summed E-state index contributed by atoms with van der Waals surface area (Å²) in [7, 11) is 1.56. The number of rotatable bonds is 1. The van der Waals surface area contributed by atoms with Crippen LogP contribution in [0, 0.1) is 0 Å². The van der Waals surface area contributed by atoms with Gasteiger partial charge in [-0.25, -0.2) is 4.79 Å². The molecule has 1 unspecified atom stereocenters. The van der Waals surface area contributed by atoms with Gasteiger partial charge in [0.15, 0.2) is 0 Å². The van der Waals surface area contributed by atoms with E-state index in [4.69, 9.17) is 4.74 Å². The number of nitrogens with zero attached hydrogens (tertiary/aromatic N) is 2. The quantitative estimate of drug-likeness (QED) is 0.851. The van der Waals surface area contributed by atoms with Crippen LogP contribution >= 0.6 is 0 Å². The molecule has 1 aromatic rings. The van der Waals surface area contributed by atoms with Crippen molar-refractivity contribution in [2.24, 2.45) is 0 Å². The Balaban J connectivity index is 2.28. The summed E-state index contributed by atoms with van der Waals surface area (Å²) in [6, 6.07) is 3.15. The molecule has 2 heterocycles. The van der Waals surface area contributed by atoms with Crippen molar-refractivity contribution in [1.29, 1.82) is 0 Å². The lowest BCUT2D eigenvalue weighted by atomic mass is 9.98. The van der Waals surface area contributed by atoms with Gasteiger partial charge >= 0.3 is 6.09 Å². The molecule has 6 heteroatoms. The molecule has 1 aliphatic rings. The molecule has 114 valence electrons. The second-order valence-corrected chi connectivity index (χ2v) is 6.05. The van der Waals surface area contributed by atoms with Crippen molar-refractivity contribution in [2.75, 3.05) is 7.05 Å². The third-order valence-corrected chi connectivity index (χ3v) is 3.27. The van der Waals surface area contributed by atoms with Crippen molar-refractivity contribution >= 4 is 12.0 Å². The molecule has 2 amide bonds. The molecule has 0 spiro atoms. The average molecular weight is 291 g/mol. The number of fused-ring (bicyclic) bond motifs is 1. The summed E-state index contributed by atoms with van der Waals surface area (Å²) in [5.41, 5.74) is 1.20. The summed E-state index contributed by atoms with van der Waals surface area (Å²) in [6.07, 6.45) is 1.61. The van der Waals surface area contributed by atoms with Gasteiger partial charge in [-0.3, -0.25) is 14.7 Å². The zero-order valence-corrected chi connectivity index (χ0v) is 12.8. The molecule has 0 saturated heterocycles. The van der Waals surface area contributed by atoms with Gasteiger partial charge in [0.1, 0.15) is 11.6 Å². The smallest absolute Gasteiger partial charge is 0.411 e. The Morgan fingerprint density at radius 2 is 2.14 bits per heavy atom. The van der Waals surface area contributed by atoms with E-state index in [2.05, 4.69) is 10.3 Å². The number of pyridine rings is 1. The van der Waals surface area contributed by atoms with E-state index < -0.39 is 17.7 Å². The van der Waals surface area contributed by atoms with Gasteiger partial charge in [0.25, 0.3) is 0 Å². The summed E-state index contributed by atoms with van der Waals surface area (Å²) in [4.78, 5) is 30.2. The first-order chi connectivity index (χ1) is 9.81. The molecule has 0 aliphatic carbocycles. The summed E-state index contributed by atoms with van der Waals surface area (Å²) in [5, 5.41) is 2.60. The number of hydrogen-bond donors (Lipinski definition) is 1. The van der Waals surface area contributed by atoms with Crippen LogP contribution in [0.25, 0.3) is 0 Å². The Bertz CT molecular complexity index is 551. The van der Waals surface area contributed by atoms with Crippen LogP contribution in [0.4, 0.5) is 4.79 Å². The highest BCUT2D eigenvalue weighted by Gasteiger charge is 2.36. The summed E-state index contributed by atoms with van der Waals surface area (Å²) in [5.74, 6) is -0.211. The molecule has 1 aromatic heterocycles. The van der Waals surface area contributed by atoms with Crippen molar-refractivity contribution in [1.82, 2.24) is 15.2 Å². The van der Waals surface area contributed by atoms with E-state index in [1.54, 1.807) is 34.0 Å². The first kappa shape index (κ1) is 15.3. The van der Waals surface area contributed by atoms with Gasteiger partial charge in [-0.2, -0.15) is 0 Å². The second kappa shape index (κ2) is 5.71. The minimum Gasteiger partial charge on any atom is -0.444 e. The molecule has 6 nitrogen and oxygen atoms in total. The summed E-state index contributed by atoms with van der Waals surface area (Å²) >= 11 is 0. The van der Waals surface area contributed by atoms with Crippen LogP contribution in [0.2, 0.25) is 0 Å². The van der Waals surface area contributed by atoms with Crippen LogP contribution in [-0.4, -0.2) is 40.6 Å². The van der Waals surface area contributed by atoms with Crippen LogP contribution in [0.1, 0.15) is 32.0 Å². The van der Waals surface area contributed by atoms with E-state index in [0.29, 0.717) is 13.0 Å². The zero-order chi connectivity index (χ0) is 15.6. The van der Waals surface area contributed by atoms with Crippen molar-refractivity contribution < 1.29 is 14.3 Å². The number of hydrogen-bond acceptors (Lipinski definition) is 4. The fraction of sp³-hybridized carbons (Fsp3) is 0.533. The van der Waals surface area contributed by atoms with E-state index >= 15 is 0 Å². The Morgan fingerprint density at radius 1 is 1.43 bits per heavy atom. The van der Waals surface area contributed by atoms with Gasteiger partial charge in [0.05, 0.1) is 6.54 Å². The van der Waals surface area contributed by atoms with Gasteiger partial charge in [0.2, 0.25) is 5.91 Å². The molecule has 0 bridgehead atoms. The predicted octanol–water partition coefficient (Wildman–Crippen LogP) is 1.49. The Morgan fingerprint density at radius 3 is 2.76 bits per heavy atom. The van der Waals surface area contributed by atoms with E-state index in [1.807, 2.05) is 12.1 Å². The zero-order valence-electron chi connectivity index (χ0n) is 12.8. The van der Waals surface area contributed by atoms with E-state index in [0.717, 1.165) is 11.3 Å². The highest BCUT2D eigenvalue weighted by molar-refractivity contribution is 5.86. The van der Waals surface area contributed by atoms with E-state index in [9.17, 15) is 9.59 Å². The first-order valence-electron chi connectivity index (χ1n) is 6.96. The largest absolute Gasteiger partial charge is 0.444 e. The Labute approximate surface area is 124 Å². The maximum absolute atomic E-state index is 12.4. The minimum absolute atomic E-state index is 0.211. The molecule has 21 heavy (non-hydrogen) atoms. The van der Waals surface area contributed by atoms with Gasteiger partial charge in [-0.1, -0.05) is 6.07 Å². The van der Waals surface area contributed by atoms with Crippen LogP contribution in [0.5, 0.6) is 0 Å². The number of carbonyl (C=O) groups is 2. The standard InChI is InChI=1S/C15H21N3O3/c1-15(2,3)21-14(20)18-9-10-6-5-7-17-11(10)8-12(18)13(19)16-4/h5-7,12H,8-9H2,1-4H3,(H,16,19). The minimum atomic E-state index is -0.598. The van der Waals surface area contributed by atoms with Gasteiger partial charge < -0.3 is 10.1 Å². The van der Waals surface area contributed by atoms with E-state index in [1.165, 1.54) is 4.90 Å². The third kappa shape index (κ3) is 3.51. The highest BCUT2D eigenvalue weighted by Crippen LogP contribution is 2.24. The molecule has 2 rings (SSSR count). The lowest BCUT2D eigenvalue weighted by molar-refractivity contribution is -0.126. The summed E-state index contributed by atoms with van der Waals surface area (Å²) < 4.78 is 5.40. The average Bonchev–Trinajstić information content (AvgIpc) is 2.43. The van der Waals surface area contributed by atoms with Crippen molar-refractivity contribution in [3.05, 3.63) is 29.6 Å². The maximum Gasteiger partial charge on any atom is 0.411 e. The molecule has 1 atom stereocenters. The first-order valence-corrected chi connectivity index (χ1v) is 6.96. The van der Waals surface area contributed by atoms with Gasteiger partial charge in [-0.15, -0.1) is 0 Å². The number of likely N-dealkylation sites (N-methyl/N-ethyl adjacent to an activating group) is 1. The number of carbonyl (C=O) groups excluding carboxylic acids is 2. The molecule has 1 aliphatic heterocycles. The Hall–Kier alpha value is -2.11. The topological polar surface area (TPSA) is 71.5 Å². The van der Waals surface area contributed by atoms with Gasteiger partial charge in [0, 0.05) is 25.4 Å². The maximum atomic E-state index is 12.4. The molecule has 1 N–H and O–H groups in total. The molecule has 0 saturated carbocycles. The molecule has 0 fully saturated rings. The predicted molar refractivity (Wildman–Crippen MR) is 77.6 cm³/mol. The molecule has 0 radical (unpaired) electrons. The van der Waals surface area contributed by atoms with Crippen LogP contribution < -0.4 is 5.32 Å². The molecular weight excluding hydrogens is 270 g/mol. The fourth-order valence-electron chi connectivity index (χ4n) is 2.30. The normalized spacial score (nSPS) is 17.9. The lowest BCUT2D eigenvalue weighted by Gasteiger charge is -2.36. The number of nitrogens with one attached hydrogen (secondary N) is 1. The highest BCUT2D eigenvalue weighted by atomic mass is 16.6. The number of ether oxygens (including phenoxy) is 1. The fourth-order valence-corrected chi connectivity index (χ4v) is 2.30. The van der Waals surface area contributed by atoms with Crippen molar-refractivity contribution in [3.8, 4) is 0 Å². The van der Waals surface area contributed by atoms with Crippen molar-refractivity contribution in [3.63, 3.8) is 0 Å². The lowest BCUT2D eigenvalue weighted by Crippen LogP contribution is -2.53. The second-order valence-electron chi connectivity index (χ2n) is 6.05.